The highest BCUT2D eigenvalue weighted by molar-refractivity contribution is 6.23. The van der Waals surface area contributed by atoms with Crippen LogP contribution in [0.2, 0.25) is 0 Å². The van der Waals surface area contributed by atoms with E-state index in [1.165, 1.54) is 6.08 Å². The van der Waals surface area contributed by atoms with E-state index >= 15 is 0 Å². The van der Waals surface area contributed by atoms with Crippen LogP contribution in [-0.4, -0.2) is 20.4 Å². The molecule has 1 aliphatic rings. The van der Waals surface area contributed by atoms with Crippen LogP contribution in [0.4, 0.5) is 0 Å². The van der Waals surface area contributed by atoms with E-state index in [2.05, 4.69) is 4.74 Å². The van der Waals surface area contributed by atoms with E-state index in [0.29, 0.717) is 18.5 Å². The van der Waals surface area contributed by atoms with Gasteiger partial charge in [-0.25, -0.2) is 4.79 Å². The molecule has 2 radical (unpaired) electrons. The molecule has 0 aromatic rings. The van der Waals surface area contributed by atoms with E-state index < -0.39 is 0 Å². The number of esters is 1. The molecule has 0 amide bonds. The quantitative estimate of drug-likeness (QED) is 0.322. The van der Waals surface area contributed by atoms with Crippen LogP contribution in [0, 0.1) is 0 Å². The molecular formula is C5H5BO2. The van der Waals surface area contributed by atoms with Gasteiger partial charge in [-0.2, -0.15) is 0 Å². The second kappa shape index (κ2) is 2.03. The van der Waals surface area contributed by atoms with Gasteiger partial charge in [0.2, 0.25) is 0 Å². The summed E-state index contributed by atoms with van der Waals surface area (Å²) in [5.41, 5.74) is 0.612. The van der Waals surface area contributed by atoms with Crippen LogP contribution < -0.4 is 0 Å². The molecule has 0 bridgehead atoms. The van der Waals surface area contributed by atoms with Crippen molar-refractivity contribution in [3.63, 3.8) is 0 Å². The van der Waals surface area contributed by atoms with Gasteiger partial charge in [0.15, 0.2) is 0 Å². The number of carbonyl (C=O) groups excluding carboxylic acids is 1. The number of ether oxygens (including phenoxy) is 1. The minimum atomic E-state index is -0.325. The van der Waals surface area contributed by atoms with Crippen LogP contribution in [0.1, 0.15) is 6.42 Å². The number of cyclic esters (lactones) is 1. The van der Waals surface area contributed by atoms with Crippen LogP contribution >= 0.6 is 0 Å². The first-order valence-electron chi connectivity index (χ1n) is 2.42. The summed E-state index contributed by atoms with van der Waals surface area (Å²) in [5, 5.41) is 0. The Labute approximate surface area is 48.9 Å². The maximum absolute atomic E-state index is 10.3. The maximum atomic E-state index is 10.3. The topological polar surface area (TPSA) is 26.3 Å². The van der Waals surface area contributed by atoms with Crippen LogP contribution in [-0.2, 0) is 9.53 Å². The standard InChI is InChI=1S/C5H5BO2/c6-4-1-2-8-5(7)3-4/h3H,1-2H2. The predicted octanol–water partition coefficient (Wildman–Crippen LogP) is -0.0143. The lowest BCUT2D eigenvalue weighted by molar-refractivity contribution is -0.138. The summed E-state index contributed by atoms with van der Waals surface area (Å²) in [5.74, 6) is -0.325. The van der Waals surface area contributed by atoms with E-state index in [1.54, 1.807) is 0 Å². The van der Waals surface area contributed by atoms with E-state index in [4.69, 9.17) is 7.85 Å². The van der Waals surface area contributed by atoms with Gasteiger partial charge >= 0.3 is 5.97 Å². The summed E-state index contributed by atoms with van der Waals surface area (Å²) in [6, 6.07) is 0. The zero-order valence-electron chi connectivity index (χ0n) is 4.39. The van der Waals surface area contributed by atoms with Gasteiger partial charge in [0.1, 0.15) is 7.85 Å². The monoisotopic (exact) mass is 108 g/mol. The first-order valence-corrected chi connectivity index (χ1v) is 2.42. The second-order valence-corrected chi connectivity index (χ2v) is 1.64. The molecule has 1 heterocycles. The molecule has 0 N–H and O–H groups in total. The summed E-state index contributed by atoms with van der Waals surface area (Å²) in [6.07, 6.45) is 1.98. The van der Waals surface area contributed by atoms with Crippen molar-refractivity contribution in [2.24, 2.45) is 0 Å². The molecule has 0 saturated carbocycles. The van der Waals surface area contributed by atoms with Crippen molar-refractivity contribution >= 4 is 13.8 Å². The molecule has 1 aliphatic heterocycles. The van der Waals surface area contributed by atoms with Crippen molar-refractivity contribution in [2.75, 3.05) is 6.61 Å². The molecular weight excluding hydrogens is 103 g/mol. The Morgan fingerprint density at radius 2 is 2.50 bits per heavy atom. The van der Waals surface area contributed by atoms with Crippen molar-refractivity contribution in [1.82, 2.24) is 0 Å². The molecule has 0 aromatic heterocycles. The summed E-state index contributed by atoms with van der Waals surface area (Å²) >= 11 is 0. The van der Waals surface area contributed by atoms with Gasteiger partial charge in [-0.15, -0.1) is 5.47 Å². The average Bonchev–Trinajstić information content (AvgIpc) is 1.64. The Bertz CT molecular complexity index is 139. The Balaban J connectivity index is 2.64. The third kappa shape index (κ3) is 1.12. The van der Waals surface area contributed by atoms with Crippen molar-refractivity contribution in [3.8, 4) is 0 Å². The highest BCUT2D eigenvalue weighted by atomic mass is 16.5. The molecule has 1 rings (SSSR count). The minimum Gasteiger partial charge on any atom is -0.462 e. The minimum absolute atomic E-state index is 0.325. The van der Waals surface area contributed by atoms with Crippen LogP contribution in [0.25, 0.3) is 0 Å². The van der Waals surface area contributed by atoms with Gasteiger partial charge in [-0.05, 0) is 6.42 Å². The van der Waals surface area contributed by atoms with Gasteiger partial charge < -0.3 is 4.74 Å². The van der Waals surface area contributed by atoms with Gasteiger partial charge in [0, 0.05) is 6.08 Å². The predicted molar refractivity (Wildman–Crippen MR) is 29.4 cm³/mol. The highest BCUT2D eigenvalue weighted by Gasteiger charge is 2.04. The lowest BCUT2D eigenvalue weighted by Gasteiger charge is -2.07. The molecule has 0 aromatic carbocycles. The van der Waals surface area contributed by atoms with E-state index in [1.807, 2.05) is 0 Å². The molecule has 0 fully saturated rings. The molecule has 0 atom stereocenters. The summed E-state index contributed by atoms with van der Waals surface area (Å²) in [4.78, 5) is 10.3. The third-order valence-corrected chi connectivity index (χ3v) is 0.938. The zero-order valence-corrected chi connectivity index (χ0v) is 4.39. The lowest BCUT2D eigenvalue weighted by Crippen LogP contribution is -2.10. The van der Waals surface area contributed by atoms with E-state index in [0.717, 1.165) is 0 Å². The first-order chi connectivity index (χ1) is 3.79. The largest absolute Gasteiger partial charge is 0.462 e. The Hall–Kier alpha value is -0.725. The highest BCUT2D eigenvalue weighted by Crippen LogP contribution is 2.02. The van der Waals surface area contributed by atoms with Crippen molar-refractivity contribution in [2.45, 2.75) is 6.42 Å². The fraction of sp³-hybridized carbons (Fsp3) is 0.400. The fourth-order valence-corrected chi connectivity index (χ4v) is 0.535. The van der Waals surface area contributed by atoms with Gasteiger partial charge in [0.05, 0.1) is 6.61 Å². The van der Waals surface area contributed by atoms with Crippen molar-refractivity contribution in [1.29, 1.82) is 0 Å². The molecule has 0 unspecified atom stereocenters. The second-order valence-electron chi connectivity index (χ2n) is 1.64. The van der Waals surface area contributed by atoms with Crippen molar-refractivity contribution in [3.05, 3.63) is 11.5 Å². The zero-order chi connectivity index (χ0) is 5.98. The van der Waals surface area contributed by atoms with Crippen molar-refractivity contribution < 1.29 is 9.53 Å². The normalized spacial score (nSPS) is 19.5. The third-order valence-electron chi connectivity index (χ3n) is 0.938. The lowest BCUT2D eigenvalue weighted by atomic mass is 9.91. The number of carbonyl (C=O) groups is 1. The Kier molecular flexibility index (Phi) is 1.37. The van der Waals surface area contributed by atoms with Gasteiger partial charge in [-0.3, -0.25) is 0 Å². The molecule has 2 nitrogen and oxygen atoms in total. The Morgan fingerprint density at radius 3 is 2.88 bits per heavy atom. The molecule has 8 heavy (non-hydrogen) atoms. The van der Waals surface area contributed by atoms with Crippen LogP contribution in [0.15, 0.2) is 11.5 Å². The molecule has 3 heteroatoms. The Morgan fingerprint density at radius 1 is 1.75 bits per heavy atom. The fourth-order valence-electron chi connectivity index (χ4n) is 0.535. The van der Waals surface area contributed by atoms with Crippen LogP contribution in [0.5, 0.6) is 0 Å². The molecule has 0 saturated heterocycles. The molecule has 40 valence electrons. The number of rotatable bonds is 0. The summed E-state index contributed by atoms with van der Waals surface area (Å²) < 4.78 is 4.55. The van der Waals surface area contributed by atoms with Gasteiger partial charge in [0.25, 0.3) is 0 Å². The van der Waals surface area contributed by atoms with Crippen LogP contribution in [0.3, 0.4) is 0 Å². The van der Waals surface area contributed by atoms with E-state index in [-0.39, 0.29) is 5.97 Å². The smallest absolute Gasteiger partial charge is 0.329 e. The molecule has 0 aliphatic carbocycles. The summed E-state index contributed by atoms with van der Waals surface area (Å²) in [6.45, 7) is 0.432. The maximum Gasteiger partial charge on any atom is 0.329 e. The SMILES string of the molecule is [B]C1=CC(=O)OCC1. The van der Waals surface area contributed by atoms with Gasteiger partial charge in [-0.1, -0.05) is 0 Å². The average molecular weight is 108 g/mol. The van der Waals surface area contributed by atoms with E-state index in [9.17, 15) is 4.79 Å². The number of hydrogen-bond acceptors (Lipinski definition) is 2. The summed E-state index contributed by atoms with van der Waals surface area (Å²) in [7, 11) is 5.29. The number of hydrogen-bond donors (Lipinski definition) is 0. The molecule has 0 spiro atoms. The first kappa shape index (κ1) is 5.41.